The van der Waals surface area contributed by atoms with Crippen LogP contribution in [-0.4, -0.2) is 19.5 Å². The number of aromatic nitrogens is 4. The van der Waals surface area contributed by atoms with Gasteiger partial charge in [0.25, 0.3) is 0 Å². The molecule has 6 heteroatoms. The maximum atomic E-state index is 7.91. The zero-order valence-corrected chi connectivity index (χ0v) is 38.3. The smallest absolute Gasteiger partial charge is 0.188 e. The monoisotopic (exact) mass is 904 g/mol. The summed E-state index contributed by atoms with van der Waals surface area (Å²) in [6.07, 6.45) is 0. The zero-order chi connectivity index (χ0) is 47.7. The van der Waals surface area contributed by atoms with Crippen molar-refractivity contribution in [3.05, 3.63) is 265 Å². The van der Waals surface area contributed by atoms with E-state index in [2.05, 4.69) is 190 Å². The second kappa shape index (κ2) is 18.2. The zero-order valence-electron chi connectivity index (χ0n) is 38.3. The Morgan fingerprint density at radius 2 is 0.606 bits per heavy atom. The van der Waals surface area contributed by atoms with Gasteiger partial charge in [-0.3, -0.25) is 0 Å². The molecular weight excluding hydrogens is 865 g/mol. The first-order valence-corrected chi connectivity index (χ1v) is 23.4. The quantitative estimate of drug-likeness (QED) is 0.136. The Kier molecular flexibility index (Phi) is 10.9. The van der Waals surface area contributed by atoms with Crippen molar-refractivity contribution in [1.82, 2.24) is 19.5 Å². The molecule has 0 unspecified atom stereocenters. The first-order chi connectivity index (χ1) is 35.1. The molecule has 10 aromatic carbocycles. The van der Waals surface area contributed by atoms with Crippen molar-refractivity contribution in [2.45, 2.75) is 0 Å². The lowest BCUT2D eigenvalue weighted by Crippen LogP contribution is -2.04. The summed E-state index contributed by atoms with van der Waals surface area (Å²) in [6, 6.07) is 83.2. The minimum atomic E-state index is 0.523. The van der Waals surface area contributed by atoms with Crippen LogP contribution >= 0.6 is 0 Å². The van der Waals surface area contributed by atoms with E-state index in [-0.39, 0.29) is 0 Å². The molecule has 71 heavy (non-hydrogen) atoms. The van der Waals surface area contributed by atoms with E-state index in [1.165, 1.54) is 0 Å². The fraction of sp³-hybridized carbons (Fsp3) is 0. The molecule has 12 rings (SSSR count). The molecule has 0 radical (unpaired) electrons. The van der Waals surface area contributed by atoms with Gasteiger partial charge < -0.3 is 4.57 Å². The number of rotatable bonds is 9. The normalized spacial score (nSPS) is 11.1. The van der Waals surface area contributed by atoms with Crippen molar-refractivity contribution >= 4 is 33.2 Å². The van der Waals surface area contributed by atoms with Gasteiger partial charge >= 0.3 is 0 Å². The fourth-order valence-electron chi connectivity index (χ4n) is 9.62. The van der Waals surface area contributed by atoms with Gasteiger partial charge in [-0.05, 0) is 110 Å². The summed E-state index contributed by atoms with van der Waals surface area (Å²) in [5.41, 5.74) is 16.8. The van der Waals surface area contributed by atoms with E-state index in [4.69, 9.17) is 28.1 Å². The molecule has 2 heterocycles. The molecule has 0 fully saturated rings. The summed E-state index contributed by atoms with van der Waals surface area (Å²) in [5.74, 6) is 1.62. The Morgan fingerprint density at radius 1 is 0.282 bits per heavy atom. The molecular formula is C65H40N6. The average Bonchev–Trinajstić information content (AvgIpc) is 3.78. The van der Waals surface area contributed by atoms with Crippen LogP contribution in [0.3, 0.4) is 0 Å². The highest BCUT2D eigenvalue weighted by Crippen LogP contribution is 2.45. The molecule has 12 aromatic rings. The second-order valence-electron chi connectivity index (χ2n) is 17.4. The first kappa shape index (κ1) is 42.4. The lowest BCUT2D eigenvalue weighted by molar-refractivity contribution is 1.07. The van der Waals surface area contributed by atoms with Crippen molar-refractivity contribution in [2.24, 2.45) is 0 Å². The average molecular weight is 905 g/mol. The highest BCUT2D eigenvalue weighted by Gasteiger charge is 2.24. The van der Waals surface area contributed by atoms with Gasteiger partial charge in [0.1, 0.15) is 0 Å². The molecule has 0 aliphatic rings. The molecule has 0 bridgehead atoms. The van der Waals surface area contributed by atoms with Gasteiger partial charge in [0, 0.05) is 27.8 Å². The third-order valence-electron chi connectivity index (χ3n) is 13.0. The van der Waals surface area contributed by atoms with E-state index in [1.807, 2.05) is 66.7 Å². The standard InChI is InChI=1S/C65H40N6/c1-66-54-32-34-60-58(41-54)59-42-55(67-2)33-35-61(59)71(60)62-56(47-24-14-6-15-25-47)39-53(40-57(62)48-26-16-7-17-27-48)65-69-63(49-30-28-46(29-31-49)43-18-8-3-9-19-43)68-64(70-65)52-37-50(44-20-10-4-11-21-44)36-51(38-52)45-22-12-5-13-23-45/h3-42H. The van der Waals surface area contributed by atoms with Crippen LogP contribution in [0.2, 0.25) is 0 Å². The molecule has 0 aliphatic heterocycles. The van der Waals surface area contributed by atoms with Crippen molar-refractivity contribution in [1.29, 1.82) is 0 Å². The summed E-state index contributed by atoms with van der Waals surface area (Å²) in [5, 5.41) is 1.80. The topological polar surface area (TPSA) is 52.3 Å². The minimum absolute atomic E-state index is 0.523. The van der Waals surface area contributed by atoms with Crippen molar-refractivity contribution in [2.75, 3.05) is 0 Å². The summed E-state index contributed by atoms with van der Waals surface area (Å²) in [6.45, 7) is 15.8. The maximum absolute atomic E-state index is 7.91. The highest BCUT2D eigenvalue weighted by atomic mass is 15.0. The van der Waals surface area contributed by atoms with Crippen LogP contribution < -0.4 is 0 Å². The molecule has 0 amide bonds. The van der Waals surface area contributed by atoms with E-state index >= 15 is 0 Å². The molecule has 330 valence electrons. The molecule has 0 aliphatic carbocycles. The molecule has 2 aromatic heterocycles. The van der Waals surface area contributed by atoms with Gasteiger partial charge in [0.2, 0.25) is 0 Å². The number of hydrogen-bond acceptors (Lipinski definition) is 3. The second-order valence-corrected chi connectivity index (χ2v) is 17.4. The molecule has 0 spiro atoms. The predicted molar refractivity (Wildman–Crippen MR) is 290 cm³/mol. The van der Waals surface area contributed by atoms with Crippen LogP contribution in [0, 0.1) is 13.1 Å². The summed E-state index contributed by atoms with van der Waals surface area (Å²) in [4.78, 5) is 23.8. The lowest BCUT2D eigenvalue weighted by atomic mass is 9.92. The van der Waals surface area contributed by atoms with Gasteiger partial charge in [-0.1, -0.05) is 188 Å². The van der Waals surface area contributed by atoms with E-state index < -0.39 is 0 Å². The molecule has 0 saturated carbocycles. The van der Waals surface area contributed by atoms with E-state index in [0.29, 0.717) is 28.8 Å². The van der Waals surface area contributed by atoms with Gasteiger partial charge in [-0.25, -0.2) is 24.6 Å². The largest absolute Gasteiger partial charge is 0.308 e. The Bertz CT molecular complexity index is 3830. The van der Waals surface area contributed by atoms with Gasteiger partial charge in [-0.15, -0.1) is 0 Å². The van der Waals surface area contributed by atoms with Crippen LogP contribution in [0.25, 0.3) is 127 Å². The maximum Gasteiger partial charge on any atom is 0.188 e. The molecule has 0 N–H and O–H groups in total. The van der Waals surface area contributed by atoms with E-state index in [0.717, 1.165) is 99.8 Å². The highest BCUT2D eigenvalue weighted by molar-refractivity contribution is 6.12. The first-order valence-electron chi connectivity index (χ1n) is 23.4. The summed E-state index contributed by atoms with van der Waals surface area (Å²) < 4.78 is 2.29. The molecule has 0 saturated heterocycles. The Hall–Kier alpha value is -10.0. The molecule has 6 nitrogen and oxygen atoms in total. The third-order valence-corrected chi connectivity index (χ3v) is 13.0. The van der Waals surface area contributed by atoms with Crippen molar-refractivity contribution in [3.63, 3.8) is 0 Å². The Balaban J connectivity index is 1.15. The third kappa shape index (κ3) is 8.08. The number of fused-ring (bicyclic) bond motifs is 3. The van der Waals surface area contributed by atoms with Crippen molar-refractivity contribution in [3.8, 4) is 95.5 Å². The number of benzene rings is 10. The van der Waals surface area contributed by atoms with Gasteiger partial charge in [0.05, 0.1) is 29.9 Å². The van der Waals surface area contributed by atoms with Crippen molar-refractivity contribution < 1.29 is 0 Å². The minimum Gasteiger partial charge on any atom is -0.308 e. The van der Waals surface area contributed by atoms with Crippen LogP contribution in [0.15, 0.2) is 243 Å². The lowest BCUT2D eigenvalue weighted by Gasteiger charge is -2.21. The predicted octanol–water partition coefficient (Wildman–Crippen LogP) is 17.4. The Morgan fingerprint density at radius 3 is 1.01 bits per heavy atom. The van der Waals surface area contributed by atoms with Gasteiger partial charge in [0.15, 0.2) is 28.8 Å². The van der Waals surface area contributed by atoms with Crippen LogP contribution in [-0.2, 0) is 0 Å². The van der Waals surface area contributed by atoms with E-state index in [9.17, 15) is 0 Å². The Labute approximate surface area is 411 Å². The van der Waals surface area contributed by atoms with E-state index in [1.54, 1.807) is 0 Å². The number of hydrogen-bond donors (Lipinski definition) is 0. The van der Waals surface area contributed by atoms with Gasteiger partial charge in [-0.2, -0.15) is 0 Å². The summed E-state index contributed by atoms with van der Waals surface area (Å²) in [7, 11) is 0. The number of nitrogens with zero attached hydrogens (tertiary/aromatic N) is 6. The SMILES string of the molecule is [C-]#[N+]c1ccc2c(c1)c1cc([N+]#[C-])ccc1n2-c1c(-c2ccccc2)cc(-c2nc(-c3ccc(-c4ccccc4)cc3)nc(-c3cc(-c4ccccc4)cc(-c4ccccc4)c3)n2)cc1-c1ccccc1. The van der Waals surface area contributed by atoms with Crippen LogP contribution in [0.1, 0.15) is 0 Å². The fourth-order valence-corrected chi connectivity index (χ4v) is 9.62. The summed E-state index contributed by atoms with van der Waals surface area (Å²) >= 11 is 0. The molecule has 0 atom stereocenters. The van der Waals surface area contributed by atoms with Crippen LogP contribution in [0.5, 0.6) is 0 Å². The van der Waals surface area contributed by atoms with Crippen LogP contribution in [0.4, 0.5) is 11.4 Å².